The molecule has 0 saturated heterocycles. The molecule has 7 heteroatoms. The minimum Gasteiger partial charge on any atom is -0.398 e. The average Bonchev–Trinajstić information content (AvgIpc) is 2.33. The van der Waals surface area contributed by atoms with Gasteiger partial charge >= 0.3 is 0 Å². The van der Waals surface area contributed by atoms with Crippen molar-refractivity contribution in [1.29, 1.82) is 0 Å². The third kappa shape index (κ3) is 3.08. The summed E-state index contributed by atoms with van der Waals surface area (Å²) < 4.78 is 27.9. The van der Waals surface area contributed by atoms with Crippen molar-refractivity contribution in [2.24, 2.45) is 0 Å². The summed E-state index contributed by atoms with van der Waals surface area (Å²) in [5.74, 6) is 0. The Morgan fingerprint density at radius 1 is 1.25 bits per heavy atom. The first-order valence-corrected chi connectivity index (χ1v) is 8.29. The maximum atomic E-state index is 12.4. The smallest absolute Gasteiger partial charge is 0.265 e. The molecule has 0 heterocycles. The lowest BCUT2D eigenvalue weighted by Gasteiger charge is -2.13. The van der Waals surface area contributed by atoms with Gasteiger partial charge in [0, 0.05) is 4.47 Å². The molecule has 3 N–H and O–H groups in total. The Morgan fingerprint density at radius 2 is 1.95 bits per heavy atom. The summed E-state index contributed by atoms with van der Waals surface area (Å²) in [7, 11) is -3.85. The van der Waals surface area contributed by atoms with E-state index >= 15 is 0 Å². The minimum absolute atomic E-state index is 0.0845. The molecule has 0 atom stereocenters. The Labute approximate surface area is 131 Å². The van der Waals surface area contributed by atoms with E-state index in [9.17, 15) is 8.42 Å². The number of halogens is 2. The Bertz CT molecular complexity index is 743. The zero-order valence-corrected chi connectivity index (χ0v) is 13.7. The number of aryl methyl sites for hydroxylation is 1. The normalized spacial score (nSPS) is 11.3. The Balaban J connectivity index is 2.49. The standard InChI is InChI=1S/C13H12BrClN2O2S/c1-8-5-6-9(14)12(7-8)17-20(18,19)13-10(15)3-2-4-11(13)16/h2-7,17H,16H2,1H3. The lowest BCUT2D eigenvalue weighted by Crippen LogP contribution is -2.15. The van der Waals surface area contributed by atoms with Crippen LogP contribution in [0.4, 0.5) is 11.4 Å². The number of nitrogen functional groups attached to an aromatic ring is 1. The monoisotopic (exact) mass is 374 g/mol. The lowest BCUT2D eigenvalue weighted by atomic mass is 10.2. The van der Waals surface area contributed by atoms with Crippen LogP contribution in [0.5, 0.6) is 0 Å². The maximum absolute atomic E-state index is 12.4. The molecule has 0 bridgehead atoms. The molecule has 0 unspecified atom stereocenters. The van der Waals surface area contributed by atoms with Crippen LogP contribution in [0.1, 0.15) is 5.56 Å². The van der Waals surface area contributed by atoms with Crippen LogP contribution >= 0.6 is 27.5 Å². The van der Waals surface area contributed by atoms with Crippen LogP contribution in [0.2, 0.25) is 5.02 Å². The van der Waals surface area contributed by atoms with Gasteiger partial charge in [0.15, 0.2) is 0 Å². The first kappa shape index (κ1) is 15.2. The number of benzene rings is 2. The van der Waals surface area contributed by atoms with Gasteiger partial charge in [0.05, 0.1) is 16.4 Å². The average molecular weight is 376 g/mol. The van der Waals surface area contributed by atoms with E-state index < -0.39 is 10.0 Å². The van der Waals surface area contributed by atoms with E-state index in [1.165, 1.54) is 12.1 Å². The second-order valence-electron chi connectivity index (χ2n) is 4.25. The minimum atomic E-state index is -3.85. The van der Waals surface area contributed by atoms with Crippen LogP contribution in [0.3, 0.4) is 0 Å². The fraction of sp³-hybridized carbons (Fsp3) is 0.0769. The van der Waals surface area contributed by atoms with Crippen molar-refractivity contribution in [2.45, 2.75) is 11.8 Å². The summed E-state index contributed by atoms with van der Waals surface area (Å²) in [4.78, 5) is -0.116. The number of anilines is 2. The topological polar surface area (TPSA) is 72.2 Å². The first-order chi connectivity index (χ1) is 9.31. The van der Waals surface area contributed by atoms with Gasteiger partial charge in [-0.25, -0.2) is 8.42 Å². The fourth-order valence-corrected chi connectivity index (χ4v) is 3.95. The summed E-state index contributed by atoms with van der Waals surface area (Å²) in [6.07, 6.45) is 0. The van der Waals surface area contributed by atoms with Gasteiger partial charge in [0.2, 0.25) is 0 Å². The number of sulfonamides is 1. The van der Waals surface area contributed by atoms with Crippen LogP contribution in [-0.4, -0.2) is 8.42 Å². The van der Waals surface area contributed by atoms with E-state index in [0.717, 1.165) is 5.56 Å². The molecule has 20 heavy (non-hydrogen) atoms. The third-order valence-corrected chi connectivity index (χ3v) is 5.23. The van der Waals surface area contributed by atoms with E-state index in [-0.39, 0.29) is 15.6 Å². The largest absolute Gasteiger partial charge is 0.398 e. The molecule has 4 nitrogen and oxygen atoms in total. The van der Waals surface area contributed by atoms with E-state index in [1.54, 1.807) is 18.2 Å². The van der Waals surface area contributed by atoms with E-state index in [4.69, 9.17) is 17.3 Å². The van der Waals surface area contributed by atoms with Crippen LogP contribution in [0.15, 0.2) is 45.8 Å². The van der Waals surface area contributed by atoms with Gasteiger partial charge < -0.3 is 5.73 Å². The van der Waals surface area contributed by atoms with Crippen LogP contribution < -0.4 is 10.5 Å². The van der Waals surface area contributed by atoms with E-state index in [0.29, 0.717) is 10.2 Å². The molecule has 0 aromatic heterocycles. The third-order valence-electron chi connectivity index (χ3n) is 2.63. The van der Waals surface area contributed by atoms with Crippen molar-refractivity contribution in [3.8, 4) is 0 Å². The number of rotatable bonds is 3. The van der Waals surface area contributed by atoms with Gasteiger partial charge in [-0.15, -0.1) is 0 Å². The van der Waals surface area contributed by atoms with Gasteiger partial charge in [-0.1, -0.05) is 23.7 Å². The van der Waals surface area contributed by atoms with Crippen molar-refractivity contribution >= 4 is 48.9 Å². The fourth-order valence-electron chi connectivity index (χ4n) is 1.72. The molecular weight excluding hydrogens is 364 g/mol. The van der Waals surface area contributed by atoms with Gasteiger partial charge in [-0.2, -0.15) is 0 Å². The van der Waals surface area contributed by atoms with E-state index in [1.807, 2.05) is 13.0 Å². The van der Waals surface area contributed by atoms with Crippen molar-refractivity contribution in [3.63, 3.8) is 0 Å². The SMILES string of the molecule is Cc1ccc(Br)c(NS(=O)(=O)c2c(N)cccc2Cl)c1. The molecule has 0 spiro atoms. The molecule has 0 aliphatic rings. The molecule has 0 amide bonds. The second-order valence-corrected chi connectivity index (χ2v) is 7.13. The molecule has 2 aromatic carbocycles. The Hall–Kier alpha value is -1.24. The Kier molecular flexibility index (Phi) is 4.27. The highest BCUT2D eigenvalue weighted by Crippen LogP contribution is 2.31. The maximum Gasteiger partial charge on any atom is 0.265 e. The predicted octanol–water partition coefficient (Wildman–Crippen LogP) is 3.79. The summed E-state index contributed by atoms with van der Waals surface area (Å²) in [6, 6.07) is 9.92. The number of hydrogen-bond donors (Lipinski definition) is 2. The van der Waals surface area contributed by atoms with Gasteiger partial charge in [0.1, 0.15) is 4.90 Å². The van der Waals surface area contributed by atoms with Crippen LogP contribution in [0, 0.1) is 6.92 Å². The van der Waals surface area contributed by atoms with Gasteiger partial charge in [-0.05, 0) is 52.7 Å². The zero-order chi connectivity index (χ0) is 14.9. The summed E-state index contributed by atoms with van der Waals surface area (Å²) >= 11 is 9.24. The highest BCUT2D eigenvalue weighted by atomic mass is 79.9. The number of nitrogens with one attached hydrogen (secondary N) is 1. The number of nitrogens with two attached hydrogens (primary N) is 1. The van der Waals surface area contributed by atoms with Crippen molar-refractivity contribution < 1.29 is 8.42 Å². The van der Waals surface area contributed by atoms with Crippen LogP contribution in [0.25, 0.3) is 0 Å². The number of hydrogen-bond acceptors (Lipinski definition) is 3. The molecule has 0 fully saturated rings. The van der Waals surface area contributed by atoms with Gasteiger partial charge in [0.25, 0.3) is 10.0 Å². The molecule has 0 saturated carbocycles. The predicted molar refractivity (Wildman–Crippen MR) is 85.6 cm³/mol. The Morgan fingerprint density at radius 3 is 2.60 bits per heavy atom. The van der Waals surface area contributed by atoms with Crippen molar-refractivity contribution in [2.75, 3.05) is 10.5 Å². The molecular formula is C13H12BrClN2O2S. The molecule has 2 rings (SSSR count). The molecule has 106 valence electrons. The van der Waals surface area contributed by atoms with Crippen LogP contribution in [-0.2, 0) is 10.0 Å². The summed E-state index contributed by atoms with van der Waals surface area (Å²) in [5, 5.41) is 0.0845. The second kappa shape index (κ2) is 5.63. The summed E-state index contributed by atoms with van der Waals surface area (Å²) in [5.41, 5.74) is 7.18. The highest BCUT2D eigenvalue weighted by Gasteiger charge is 2.22. The quantitative estimate of drug-likeness (QED) is 0.802. The van der Waals surface area contributed by atoms with E-state index in [2.05, 4.69) is 20.7 Å². The van der Waals surface area contributed by atoms with Crippen molar-refractivity contribution in [3.05, 3.63) is 51.5 Å². The highest BCUT2D eigenvalue weighted by molar-refractivity contribution is 9.10. The van der Waals surface area contributed by atoms with Gasteiger partial charge in [-0.3, -0.25) is 4.72 Å². The molecule has 0 aliphatic carbocycles. The first-order valence-electron chi connectivity index (χ1n) is 5.64. The molecule has 2 aromatic rings. The lowest BCUT2D eigenvalue weighted by molar-refractivity contribution is 0.601. The van der Waals surface area contributed by atoms with Crippen molar-refractivity contribution in [1.82, 2.24) is 0 Å². The molecule has 0 radical (unpaired) electrons. The summed E-state index contributed by atoms with van der Waals surface area (Å²) in [6.45, 7) is 1.87. The zero-order valence-electron chi connectivity index (χ0n) is 10.5. The molecule has 0 aliphatic heterocycles.